The molecule has 0 unspecified atom stereocenters. The average molecular weight is 288 g/mol. The van der Waals surface area contributed by atoms with Crippen LogP contribution in [0.5, 0.6) is 0 Å². The number of thiophene rings is 1. The van der Waals surface area contributed by atoms with Crippen LogP contribution in [0, 0.1) is 24.6 Å². The third-order valence-electron chi connectivity index (χ3n) is 2.61. The Labute approximate surface area is 120 Å². The van der Waals surface area contributed by atoms with Gasteiger partial charge < -0.3 is 11.1 Å². The molecule has 0 aliphatic heterocycles. The molecule has 1 heterocycles. The van der Waals surface area contributed by atoms with Crippen LogP contribution in [0.15, 0.2) is 29.6 Å². The minimum absolute atomic E-state index is 0.244. The van der Waals surface area contributed by atoms with Crippen molar-refractivity contribution in [3.8, 4) is 11.8 Å². The molecule has 3 nitrogen and oxygen atoms in total. The maximum absolute atomic E-state index is 13.2. The van der Waals surface area contributed by atoms with Crippen LogP contribution in [0.1, 0.15) is 20.8 Å². The molecule has 0 spiro atoms. The van der Waals surface area contributed by atoms with Crippen molar-refractivity contribution in [1.29, 1.82) is 0 Å². The predicted octanol–water partition coefficient (Wildman–Crippen LogP) is 2.76. The number of carbonyl (C=O) groups excluding carboxylic acids is 1. The standard InChI is InChI=1S/C15H13FN2OS/c1-10-9-12(4-5-13(10)16)18-15(19)14-11(3-2-7-17)6-8-20-14/h4-6,8-9H,7,17H2,1H3,(H,18,19). The first-order valence-electron chi connectivity index (χ1n) is 5.95. The molecule has 0 bridgehead atoms. The SMILES string of the molecule is Cc1cc(NC(=O)c2sccc2C#CCN)ccc1F. The van der Waals surface area contributed by atoms with Gasteiger partial charge in [-0.15, -0.1) is 11.3 Å². The molecule has 102 valence electrons. The Morgan fingerprint density at radius 3 is 2.95 bits per heavy atom. The van der Waals surface area contributed by atoms with Crippen LogP contribution in [0.2, 0.25) is 0 Å². The van der Waals surface area contributed by atoms with E-state index in [1.807, 2.05) is 0 Å². The highest BCUT2D eigenvalue weighted by atomic mass is 32.1. The fraction of sp³-hybridized carbons (Fsp3) is 0.133. The molecule has 5 heteroatoms. The first kappa shape index (κ1) is 14.3. The Balaban J connectivity index is 2.20. The zero-order chi connectivity index (χ0) is 14.5. The van der Waals surface area contributed by atoms with Crippen molar-refractivity contribution >= 4 is 22.9 Å². The number of aryl methyl sites for hydroxylation is 1. The van der Waals surface area contributed by atoms with Crippen LogP contribution in [0.25, 0.3) is 0 Å². The quantitative estimate of drug-likeness (QED) is 0.835. The Morgan fingerprint density at radius 1 is 1.45 bits per heavy atom. The van der Waals surface area contributed by atoms with Crippen LogP contribution in [-0.4, -0.2) is 12.5 Å². The normalized spacial score (nSPS) is 9.75. The average Bonchev–Trinajstić information content (AvgIpc) is 2.89. The van der Waals surface area contributed by atoms with Crippen LogP contribution >= 0.6 is 11.3 Å². The molecule has 2 aromatic rings. The van der Waals surface area contributed by atoms with E-state index >= 15 is 0 Å². The highest BCUT2D eigenvalue weighted by Gasteiger charge is 2.12. The van der Waals surface area contributed by atoms with Gasteiger partial charge in [-0.2, -0.15) is 0 Å². The van der Waals surface area contributed by atoms with E-state index < -0.39 is 0 Å². The lowest BCUT2D eigenvalue weighted by Crippen LogP contribution is -2.11. The highest BCUT2D eigenvalue weighted by molar-refractivity contribution is 7.12. The molecule has 1 aromatic heterocycles. The molecule has 1 amide bonds. The summed E-state index contributed by atoms with van der Waals surface area (Å²) in [5, 5.41) is 4.53. The number of amides is 1. The van der Waals surface area contributed by atoms with Gasteiger partial charge in [0, 0.05) is 11.3 Å². The Hall–Kier alpha value is -2.16. The summed E-state index contributed by atoms with van der Waals surface area (Å²) in [6.07, 6.45) is 0. The molecule has 2 rings (SSSR count). The topological polar surface area (TPSA) is 55.1 Å². The van der Waals surface area contributed by atoms with E-state index in [-0.39, 0.29) is 18.3 Å². The van der Waals surface area contributed by atoms with Gasteiger partial charge in [-0.25, -0.2) is 4.39 Å². The molecule has 20 heavy (non-hydrogen) atoms. The van der Waals surface area contributed by atoms with E-state index in [9.17, 15) is 9.18 Å². The Morgan fingerprint density at radius 2 is 2.25 bits per heavy atom. The van der Waals surface area contributed by atoms with Crippen molar-refractivity contribution in [3.05, 3.63) is 51.5 Å². The summed E-state index contributed by atoms with van der Waals surface area (Å²) in [5.74, 6) is 5.02. The maximum Gasteiger partial charge on any atom is 0.267 e. The van der Waals surface area contributed by atoms with Gasteiger partial charge >= 0.3 is 0 Å². The summed E-state index contributed by atoms with van der Waals surface area (Å²) >= 11 is 1.31. The first-order valence-corrected chi connectivity index (χ1v) is 6.83. The van der Waals surface area contributed by atoms with Gasteiger partial charge in [0.2, 0.25) is 0 Å². The van der Waals surface area contributed by atoms with E-state index in [0.29, 0.717) is 21.7 Å². The zero-order valence-electron chi connectivity index (χ0n) is 10.9. The van der Waals surface area contributed by atoms with Gasteiger partial charge in [-0.3, -0.25) is 4.79 Å². The van der Waals surface area contributed by atoms with Gasteiger partial charge in [0.15, 0.2) is 0 Å². The lowest BCUT2D eigenvalue weighted by atomic mass is 10.2. The minimum Gasteiger partial charge on any atom is -0.321 e. The van der Waals surface area contributed by atoms with E-state index in [2.05, 4.69) is 17.2 Å². The number of hydrogen-bond donors (Lipinski definition) is 2. The van der Waals surface area contributed by atoms with Crippen LogP contribution in [0.4, 0.5) is 10.1 Å². The maximum atomic E-state index is 13.2. The second-order valence-corrected chi connectivity index (χ2v) is 5.00. The second kappa shape index (κ2) is 6.33. The lowest BCUT2D eigenvalue weighted by Gasteiger charge is -2.05. The molecular formula is C15H13FN2OS. The van der Waals surface area contributed by atoms with Crippen molar-refractivity contribution in [1.82, 2.24) is 0 Å². The summed E-state index contributed by atoms with van der Waals surface area (Å²) in [6, 6.07) is 6.22. The smallest absolute Gasteiger partial charge is 0.267 e. The molecule has 0 aliphatic rings. The van der Waals surface area contributed by atoms with Gasteiger partial charge in [0.1, 0.15) is 10.7 Å². The number of nitrogens with one attached hydrogen (secondary N) is 1. The van der Waals surface area contributed by atoms with E-state index in [1.165, 1.54) is 23.5 Å². The predicted molar refractivity (Wildman–Crippen MR) is 79.3 cm³/mol. The molecule has 0 atom stereocenters. The first-order chi connectivity index (χ1) is 9.61. The van der Waals surface area contributed by atoms with Gasteiger partial charge in [-0.05, 0) is 42.1 Å². The van der Waals surface area contributed by atoms with Crippen molar-refractivity contribution in [2.24, 2.45) is 5.73 Å². The minimum atomic E-state index is -0.298. The van der Waals surface area contributed by atoms with Crippen LogP contribution in [-0.2, 0) is 0 Å². The number of anilines is 1. The van der Waals surface area contributed by atoms with Crippen LogP contribution in [0.3, 0.4) is 0 Å². The van der Waals surface area contributed by atoms with Crippen molar-refractivity contribution in [2.45, 2.75) is 6.92 Å². The Bertz CT molecular complexity index is 697. The number of hydrogen-bond acceptors (Lipinski definition) is 3. The second-order valence-electron chi connectivity index (χ2n) is 4.09. The molecule has 1 aromatic carbocycles. The van der Waals surface area contributed by atoms with Gasteiger partial charge in [-0.1, -0.05) is 11.8 Å². The van der Waals surface area contributed by atoms with Crippen LogP contribution < -0.4 is 11.1 Å². The molecular weight excluding hydrogens is 275 g/mol. The number of carbonyl (C=O) groups is 1. The molecule has 0 fully saturated rings. The number of benzene rings is 1. The van der Waals surface area contributed by atoms with Gasteiger partial charge in [0.05, 0.1) is 6.54 Å². The Kier molecular flexibility index (Phi) is 4.51. The molecule has 0 saturated heterocycles. The molecule has 0 saturated carbocycles. The molecule has 0 radical (unpaired) electrons. The summed E-state index contributed by atoms with van der Waals surface area (Å²) in [5.41, 5.74) is 7.01. The largest absolute Gasteiger partial charge is 0.321 e. The van der Waals surface area contributed by atoms with E-state index in [1.54, 1.807) is 24.4 Å². The fourth-order valence-corrected chi connectivity index (χ4v) is 2.38. The number of nitrogens with two attached hydrogens (primary N) is 1. The lowest BCUT2D eigenvalue weighted by molar-refractivity contribution is 0.103. The van der Waals surface area contributed by atoms with Crippen molar-refractivity contribution < 1.29 is 9.18 Å². The number of halogens is 1. The van der Waals surface area contributed by atoms with E-state index in [0.717, 1.165) is 0 Å². The fourth-order valence-electron chi connectivity index (χ4n) is 1.64. The summed E-state index contributed by atoms with van der Waals surface area (Å²) in [7, 11) is 0. The number of rotatable bonds is 2. The summed E-state index contributed by atoms with van der Waals surface area (Å²) in [4.78, 5) is 12.7. The summed E-state index contributed by atoms with van der Waals surface area (Å²) < 4.78 is 13.2. The molecule has 0 aliphatic carbocycles. The monoisotopic (exact) mass is 288 g/mol. The van der Waals surface area contributed by atoms with E-state index in [4.69, 9.17) is 5.73 Å². The third kappa shape index (κ3) is 3.23. The highest BCUT2D eigenvalue weighted by Crippen LogP contribution is 2.19. The molecule has 3 N–H and O–H groups in total. The summed E-state index contributed by atoms with van der Waals surface area (Å²) in [6.45, 7) is 1.89. The van der Waals surface area contributed by atoms with Crippen molar-refractivity contribution in [3.63, 3.8) is 0 Å². The third-order valence-corrected chi connectivity index (χ3v) is 3.53. The zero-order valence-corrected chi connectivity index (χ0v) is 11.7. The van der Waals surface area contributed by atoms with Crippen molar-refractivity contribution in [2.75, 3.05) is 11.9 Å². The van der Waals surface area contributed by atoms with Gasteiger partial charge in [0.25, 0.3) is 5.91 Å².